The topological polar surface area (TPSA) is 111 Å². The van der Waals surface area contributed by atoms with Gasteiger partial charge < -0.3 is 24.1 Å². The van der Waals surface area contributed by atoms with Crippen LogP contribution in [0.1, 0.15) is 47.0 Å². The summed E-state index contributed by atoms with van der Waals surface area (Å²) in [4.78, 5) is 37.0. The van der Waals surface area contributed by atoms with Crippen molar-refractivity contribution in [1.82, 2.24) is 0 Å². The highest BCUT2D eigenvalue weighted by Gasteiger charge is 2.46. The van der Waals surface area contributed by atoms with Crippen molar-refractivity contribution in [3.8, 4) is 0 Å². The fraction of sp³-hybridized carbons (Fsp3) is 0.571. The summed E-state index contributed by atoms with van der Waals surface area (Å²) in [5.41, 5.74) is -1.76. The summed E-state index contributed by atoms with van der Waals surface area (Å²) >= 11 is 0. The number of rotatable bonds is 14. The Morgan fingerprint density at radius 2 is 1.34 bits per heavy atom. The number of ether oxygens (including phenoxy) is 4. The molecule has 0 amide bonds. The van der Waals surface area contributed by atoms with Gasteiger partial charge in [0.25, 0.3) is 0 Å². The highest BCUT2D eigenvalue weighted by molar-refractivity contribution is 6.00. The summed E-state index contributed by atoms with van der Waals surface area (Å²) in [5.74, 6) is -2.99. The molecule has 0 rings (SSSR count). The van der Waals surface area contributed by atoms with Crippen LogP contribution in [0.25, 0.3) is 0 Å². The van der Waals surface area contributed by atoms with Gasteiger partial charge in [0.15, 0.2) is 5.41 Å². The van der Waals surface area contributed by atoms with Gasteiger partial charge in [0.2, 0.25) is 0 Å². The van der Waals surface area contributed by atoms with E-state index in [1.165, 1.54) is 18.2 Å². The molecule has 0 aromatic rings. The average Bonchev–Trinajstić information content (AvgIpc) is 2.67. The molecule has 0 atom stereocenters. The number of carbonyl (C=O) groups excluding carboxylic acids is 3. The van der Waals surface area contributed by atoms with Crippen LogP contribution in [0, 0.1) is 5.41 Å². The fourth-order valence-corrected chi connectivity index (χ4v) is 2.46. The first-order valence-corrected chi connectivity index (χ1v) is 9.64. The van der Waals surface area contributed by atoms with Gasteiger partial charge in [-0.1, -0.05) is 25.2 Å². The molecule has 0 aliphatic rings. The lowest BCUT2D eigenvalue weighted by molar-refractivity contribution is -0.358. The van der Waals surface area contributed by atoms with E-state index in [4.69, 9.17) is 18.9 Å². The van der Waals surface area contributed by atoms with Crippen LogP contribution in [-0.2, 0) is 33.3 Å². The van der Waals surface area contributed by atoms with E-state index in [0.29, 0.717) is 0 Å². The maximum Gasteiger partial charge on any atom is 0.336 e. The Labute approximate surface area is 172 Å². The maximum absolute atomic E-state index is 12.5. The van der Waals surface area contributed by atoms with Crippen LogP contribution in [-0.4, -0.2) is 44.3 Å². The zero-order chi connectivity index (χ0) is 22.3. The third kappa shape index (κ3) is 8.01. The van der Waals surface area contributed by atoms with Gasteiger partial charge in [-0.2, -0.15) is 0 Å². The fourth-order valence-electron chi connectivity index (χ4n) is 2.46. The molecule has 0 spiro atoms. The molecule has 0 bridgehead atoms. The lowest BCUT2D eigenvalue weighted by Gasteiger charge is -2.27. The summed E-state index contributed by atoms with van der Waals surface area (Å²) in [6.07, 6.45) is 4.36. The highest BCUT2D eigenvalue weighted by Crippen LogP contribution is 2.32. The first-order chi connectivity index (χ1) is 13.8. The van der Waals surface area contributed by atoms with Gasteiger partial charge in [-0.15, -0.1) is 6.58 Å². The zero-order valence-electron chi connectivity index (χ0n) is 17.7. The standard InChI is InChI=1S/C21H32O8/c1-6-14-21(19(24)28-9-4,20(25)29-10-5)15-12-11-13-16(17(22)26-7-2)18(23)27-8-3/h6,11-12,22H,1,7-10,13-15H2,2-5H3/p-1/b12-11+,17-16+. The lowest BCUT2D eigenvalue weighted by Crippen LogP contribution is -2.41. The predicted octanol–water partition coefficient (Wildman–Crippen LogP) is 2.18. The minimum absolute atomic E-state index is 0.0152. The Hall–Kier alpha value is -2.77. The summed E-state index contributed by atoms with van der Waals surface area (Å²) in [5, 5.41) is 12.0. The van der Waals surface area contributed by atoms with Gasteiger partial charge in [-0.3, -0.25) is 9.59 Å². The van der Waals surface area contributed by atoms with Crippen LogP contribution in [0.4, 0.5) is 0 Å². The molecule has 0 radical (unpaired) electrons. The second-order valence-electron chi connectivity index (χ2n) is 5.81. The van der Waals surface area contributed by atoms with Gasteiger partial charge in [0.1, 0.15) is 0 Å². The van der Waals surface area contributed by atoms with Gasteiger partial charge in [0, 0.05) is 0 Å². The van der Waals surface area contributed by atoms with Gasteiger partial charge >= 0.3 is 17.9 Å². The van der Waals surface area contributed by atoms with Crippen molar-refractivity contribution in [3.05, 3.63) is 36.3 Å². The van der Waals surface area contributed by atoms with Gasteiger partial charge in [-0.05, 0) is 46.6 Å². The van der Waals surface area contributed by atoms with Crippen LogP contribution in [0.15, 0.2) is 36.3 Å². The van der Waals surface area contributed by atoms with E-state index in [-0.39, 0.29) is 51.3 Å². The Balaban J connectivity index is 5.63. The summed E-state index contributed by atoms with van der Waals surface area (Å²) in [6.45, 7) is 10.6. The lowest BCUT2D eigenvalue weighted by atomic mass is 9.80. The van der Waals surface area contributed by atoms with Crippen molar-refractivity contribution in [1.29, 1.82) is 0 Å². The molecule has 0 aromatic carbocycles. The molecule has 164 valence electrons. The molecule has 8 heteroatoms. The normalized spacial score (nSPS) is 12.1. The average molecular weight is 411 g/mol. The van der Waals surface area contributed by atoms with Crippen molar-refractivity contribution >= 4 is 17.9 Å². The predicted molar refractivity (Wildman–Crippen MR) is 104 cm³/mol. The summed E-state index contributed by atoms with van der Waals surface area (Å²) in [7, 11) is 0. The molecule has 0 unspecified atom stereocenters. The maximum atomic E-state index is 12.5. The van der Waals surface area contributed by atoms with Crippen LogP contribution in [0.3, 0.4) is 0 Å². The first-order valence-electron chi connectivity index (χ1n) is 9.64. The monoisotopic (exact) mass is 411 g/mol. The van der Waals surface area contributed by atoms with E-state index >= 15 is 0 Å². The minimum atomic E-state index is -1.59. The molecule has 0 N–H and O–H groups in total. The minimum Gasteiger partial charge on any atom is -0.613 e. The Kier molecular flexibility index (Phi) is 12.9. The van der Waals surface area contributed by atoms with E-state index in [1.54, 1.807) is 27.7 Å². The van der Waals surface area contributed by atoms with Crippen molar-refractivity contribution < 1.29 is 38.4 Å². The van der Waals surface area contributed by atoms with Crippen LogP contribution in [0.2, 0.25) is 0 Å². The Bertz CT molecular complexity index is 600. The molecular weight excluding hydrogens is 380 g/mol. The first kappa shape index (κ1) is 26.2. The number of carbonyl (C=O) groups is 3. The molecule has 0 heterocycles. The van der Waals surface area contributed by atoms with E-state index in [9.17, 15) is 19.5 Å². The van der Waals surface area contributed by atoms with Crippen LogP contribution < -0.4 is 5.11 Å². The number of hydrogen-bond acceptors (Lipinski definition) is 8. The number of allylic oxidation sites excluding steroid dienone is 3. The van der Waals surface area contributed by atoms with Crippen molar-refractivity contribution in [2.75, 3.05) is 26.4 Å². The third-order valence-corrected chi connectivity index (χ3v) is 3.82. The van der Waals surface area contributed by atoms with Crippen molar-refractivity contribution in [2.24, 2.45) is 5.41 Å². The molecule has 29 heavy (non-hydrogen) atoms. The molecule has 0 aliphatic carbocycles. The highest BCUT2D eigenvalue weighted by atomic mass is 16.6. The van der Waals surface area contributed by atoms with E-state index in [1.807, 2.05) is 0 Å². The van der Waals surface area contributed by atoms with Crippen LogP contribution in [0.5, 0.6) is 0 Å². The van der Waals surface area contributed by atoms with Crippen LogP contribution >= 0.6 is 0 Å². The second-order valence-corrected chi connectivity index (χ2v) is 5.81. The second kappa shape index (κ2) is 14.3. The molecule has 0 saturated heterocycles. The smallest absolute Gasteiger partial charge is 0.336 e. The Morgan fingerprint density at radius 1 is 0.828 bits per heavy atom. The molecule has 0 fully saturated rings. The van der Waals surface area contributed by atoms with E-state index in [2.05, 4.69) is 6.58 Å². The summed E-state index contributed by atoms with van der Waals surface area (Å²) in [6, 6.07) is 0. The van der Waals surface area contributed by atoms with Crippen molar-refractivity contribution in [3.63, 3.8) is 0 Å². The number of esters is 3. The Morgan fingerprint density at radius 3 is 1.79 bits per heavy atom. The largest absolute Gasteiger partial charge is 0.613 e. The SMILES string of the molecule is C=CCC(C/C=C/C/C(C(=O)OCC)=C(/[O-])OCC)(C(=O)OCC)C(=O)OCC. The molecule has 0 aromatic heterocycles. The van der Waals surface area contributed by atoms with Gasteiger partial charge in [-0.25, -0.2) is 4.79 Å². The summed E-state index contributed by atoms with van der Waals surface area (Å²) < 4.78 is 19.9. The third-order valence-electron chi connectivity index (χ3n) is 3.82. The molecule has 0 aliphatic heterocycles. The molecule has 8 nitrogen and oxygen atoms in total. The van der Waals surface area contributed by atoms with Gasteiger partial charge in [0.05, 0.1) is 31.3 Å². The van der Waals surface area contributed by atoms with Crippen molar-refractivity contribution in [2.45, 2.75) is 47.0 Å². The zero-order valence-corrected chi connectivity index (χ0v) is 17.7. The number of hydrogen-bond donors (Lipinski definition) is 0. The molecule has 0 saturated carbocycles. The van der Waals surface area contributed by atoms with E-state index < -0.39 is 29.3 Å². The molecular formula is C21H31O8-. The quantitative estimate of drug-likeness (QED) is 0.107. The van der Waals surface area contributed by atoms with E-state index in [0.717, 1.165) is 0 Å².